The van der Waals surface area contributed by atoms with Crippen LogP contribution in [0.3, 0.4) is 0 Å². The highest BCUT2D eigenvalue weighted by molar-refractivity contribution is 4.93. The van der Waals surface area contributed by atoms with E-state index in [-0.39, 0.29) is 5.60 Å². The van der Waals surface area contributed by atoms with Crippen LogP contribution in [0, 0.1) is 5.92 Å². The molecular weight excluding hydrogens is 216 g/mol. The first-order valence-corrected chi connectivity index (χ1v) is 6.74. The van der Waals surface area contributed by atoms with Crippen molar-refractivity contribution >= 4 is 0 Å². The monoisotopic (exact) mass is 242 g/mol. The van der Waals surface area contributed by atoms with Gasteiger partial charge in [-0.25, -0.2) is 0 Å². The van der Waals surface area contributed by atoms with Crippen molar-refractivity contribution in [3.63, 3.8) is 0 Å². The number of nitrogens with zero attached hydrogens (tertiary/aromatic N) is 1. The van der Waals surface area contributed by atoms with Gasteiger partial charge in [-0.05, 0) is 33.2 Å². The molecule has 0 radical (unpaired) electrons. The largest absolute Gasteiger partial charge is 0.377 e. The predicted octanol–water partition coefficient (Wildman–Crippen LogP) is 0.722. The number of hydrogen-bond acceptors (Lipinski definition) is 4. The Bertz CT molecular complexity index is 238. The van der Waals surface area contributed by atoms with Crippen molar-refractivity contribution in [2.45, 2.75) is 31.9 Å². The Morgan fingerprint density at radius 2 is 2.29 bits per heavy atom. The van der Waals surface area contributed by atoms with E-state index < -0.39 is 0 Å². The molecule has 2 heterocycles. The molecule has 1 N–H and O–H groups in total. The summed E-state index contributed by atoms with van der Waals surface area (Å²) in [6.07, 6.45) is 1.12. The summed E-state index contributed by atoms with van der Waals surface area (Å²) in [7, 11) is 2.19. The van der Waals surface area contributed by atoms with E-state index in [1.54, 1.807) is 0 Å². The SMILES string of the molecule is CC(C)N(C)C[C@H]1CO[C@@]2(CNCCOC2)C1. The maximum Gasteiger partial charge on any atom is 0.104 e. The molecule has 0 bridgehead atoms. The smallest absolute Gasteiger partial charge is 0.104 e. The van der Waals surface area contributed by atoms with Crippen LogP contribution in [0.2, 0.25) is 0 Å². The van der Waals surface area contributed by atoms with Crippen molar-refractivity contribution in [2.75, 3.05) is 46.5 Å². The first-order valence-electron chi connectivity index (χ1n) is 6.74. The molecule has 2 aliphatic rings. The second kappa shape index (κ2) is 5.65. The predicted molar refractivity (Wildman–Crippen MR) is 68.2 cm³/mol. The Morgan fingerprint density at radius 1 is 1.47 bits per heavy atom. The highest BCUT2D eigenvalue weighted by atomic mass is 16.5. The molecule has 4 heteroatoms. The highest BCUT2D eigenvalue weighted by Crippen LogP contribution is 2.31. The van der Waals surface area contributed by atoms with Crippen LogP contribution in [0.5, 0.6) is 0 Å². The van der Waals surface area contributed by atoms with Crippen LogP contribution in [-0.2, 0) is 9.47 Å². The number of nitrogens with one attached hydrogen (secondary N) is 1. The Balaban J connectivity index is 1.85. The fraction of sp³-hybridized carbons (Fsp3) is 1.00. The van der Waals surface area contributed by atoms with Gasteiger partial charge in [-0.2, -0.15) is 0 Å². The van der Waals surface area contributed by atoms with E-state index in [4.69, 9.17) is 9.47 Å². The average molecular weight is 242 g/mol. The second-order valence-corrected chi connectivity index (χ2v) is 5.83. The molecule has 2 fully saturated rings. The van der Waals surface area contributed by atoms with Crippen LogP contribution < -0.4 is 5.32 Å². The molecule has 0 aromatic heterocycles. The van der Waals surface area contributed by atoms with Crippen LogP contribution in [0.25, 0.3) is 0 Å². The lowest BCUT2D eigenvalue weighted by Crippen LogP contribution is -2.42. The van der Waals surface area contributed by atoms with E-state index in [1.165, 1.54) is 0 Å². The summed E-state index contributed by atoms with van der Waals surface area (Å²) in [6, 6.07) is 0.607. The summed E-state index contributed by atoms with van der Waals surface area (Å²) < 4.78 is 11.7. The lowest BCUT2D eigenvalue weighted by Gasteiger charge is -2.27. The molecule has 2 aliphatic heterocycles. The van der Waals surface area contributed by atoms with E-state index in [0.717, 1.165) is 45.9 Å². The molecule has 1 spiro atoms. The van der Waals surface area contributed by atoms with Crippen molar-refractivity contribution in [3.05, 3.63) is 0 Å². The summed E-state index contributed by atoms with van der Waals surface area (Å²) in [5, 5.41) is 3.41. The Hall–Kier alpha value is -0.160. The molecule has 0 aliphatic carbocycles. The summed E-state index contributed by atoms with van der Waals surface area (Å²) in [6.45, 7) is 9.92. The van der Waals surface area contributed by atoms with Crippen LogP contribution in [0.1, 0.15) is 20.3 Å². The average Bonchev–Trinajstić information content (AvgIpc) is 2.53. The van der Waals surface area contributed by atoms with Crippen LogP contribution in [0.4, 0.5) is 0 Å². The zero-order valence-corrected chi connectivity index (χ0v) is 11.4. The minimum absolute atomic E-state index is 0.0566. The van der Waals surface area contributed by atoms with Gasteiger partial charge in [0.25, 0.3) is 0 Å². The Morgan fingerprint density at radius 3 is 3.06 bits per heavy atom. The maximum atomic E-state index is 6.04. The third kappa shape index (κ3) is 3.41. The minimum Gasteiger partial charge on any atom is -0.377 e. The van der Waals surface area contributed by atoms with Crippen molar-refractivity contribution < 1.29 is 9.47 Å². The Kier molecular flexibility index (Phi) is 4.42. The van der Waals surface area contributed by atoms with Gasteiger partial charge >= 0.3 is 0 Å². The quantitative estimate of drug-likeness (QED) is 0.791. The fourth-order valence-electron chi connectivity index (χ4n) is 2.67. The summed E-state index contributed by atoms with van der Waals surface area (Å²) >= 11 is 0. The minimum atomic E-state index is -0.0566. The first kappa shape index (κ1) is 13.3. The van der Waals surface area contributed by atoms with E-state index >= 15 is 0 Å². The third-order valence-electron chi connectivity index (χ3n) is 3.95. The first-order chi connectivity index (χ1) is 8.11. The second-order valence-electron chi connectivity index (χ2n) is 5.83. The van der Waals surface area contributed by atoms with Gasteiger partial charge in [-0.15, -0.1) is 0 Å². The van der Waals surface area contributed by atoms with Crippen LogP contribution in [-0.4, -0.2) is 63.0 Å². The molecule has 17 heavy (non-hydrogen) atoms. The van der Waals surface area contributed by atoms with Crippen molar-refractivity contribution in [1.29, 1.82) is 0 Å². The summed E-state index contributed by atoms with van der Waals surface area (Å²) in [5.41, 5.74) is -0.0566. The number of ether oxygens (including phenoxy) is 2. The van der Waals surface area contributed by atoms with Gasteiger partial charge in [-0.3, -0.25) is 0 Å². The van der Waals surface area contributed by atoms with E-state index in [2.05, 4.69) is 31.1 Å². The molecule has 0 amide bonds. The zero-order valence-electron chi connectivity index (χ0n) is 11.4. The number of hydrogen-bond donors (Lipinski definition) is 1. The lowest BCUT2D eigenvalue weighted by atomic mass is 9.94. The van der Waals surface area contributed by atoms with Crippen molar-refractivity contribution in [3.8, 4) is 0 Å². The topological polar surface area (TPSA) is 33.7 Å². The molecule has 2 atom stereocenters. The molecule has 0 aromatic carbocycles. The number of rotatable bonds is 3. The standard InChI is InChI=1S/C13H26N2O2/c1-11(2)15(3)7-12-6-13(17-8-12)9-14-4-5-16-10-13/h11-12,14H,4-10H2,1-3H3/t12-,13+/m0/s1. The highest BCUT2D eigenvalue weighted by Gasteiger charge is 2.41. The van der Waals surface area contributed by atoms with Crippen molar-refractivity contribution in [2.24, 2.45) is 5.92 Å². The van der Waals surface area contributed by atoms with Gasteiger partial charge in [0.1, 0.15) is 5.60 Å². The van der Waals surface area contributed by atoms with E-state index in [1.807, 2.05) is 0 Å². The summed E-state index contributed by atoms with van der Waals surface area (Å²) in [4.78, 5) is 2.40. The molecule has 0 saturated carbocycles. The van der Waals surface area contributed by atoms with Gasteiger partial charge in [0, 0.05) is 25.7 Å². The van der Waals surface area contributed by atoms with Crippen LogP contribution in [0.15, 0.2) is 0 Å². The van der Waals surface area contributed by atoms with E-state index in [0.29, 0.717) is 12.0 Å². The van der Waals surface area contributed by atoms with Gasteiger partial charge in [0.15, 0.2) is 0 Å². The third-order valence-corrected chi connectivity index (χ3v) is 3.95. The molecule has 2 saturated heterocycles. The van der Waals surface area contributed by atoms with Crippen molar-refractivity contribution in [1.82, 2.24) is 10.2 Å². The molecule has 2 rings (SSSR count). The molecule has 100 valence electrons. The fourth-order valence-corrected chi connectivity index (χ4v) is 2.67. The normalized spacial score (nSPS) is 34.8. The van der Waals surface area contributed by atoms with Crippen LogP contribution >= 0.6 is 0 Å². The van der Waals surface area contributed by atoms with Gasteiger partial charge in [-0.1, -0.05) is 0 Å². The zero-order chi connectivity index (χ0) is 12.3. The van der Waals surface area contributed by atoms with Gasteiger partial charge in [0.2, 0.25) is 0 Å². The van der Waals surface area contributed by atoms with Gasteiger partial charge < -0.3 is 19.7 Å². The lowest BCUT2D eigenvalue weighted by molar-refractivity contribution is -0.0472. The van der Waals surface area contributed by atoms with E-state index in [9.17, 15) is 0 Å². The molecule has 0 unspecified atom stereocenters. The molecular formula is C13H26N2O2. The Labute approximate surface area is 105 Å². The molecule has 4 nitrogen and oxygen atoms in total. The summed E-state index contributed by atoms with van der Waals surface area (Å²) in [5.74, 6) is 0.644. The maximum absolute atomic E-state index is 6.04. The molecule has 0 aromatic rings. The van der Waals surface area contributed by atoms with Gasteiger partial charge in [0.05, 0.1) is 19.8 Å².